The van der Waals surface area contributed by atoms with Crippen molar-refractivity contribution in [1.29, 1.82) is 0 Å². The molecular weight excluding hydrogens is 393 g/mol. The molecule has 0 atom stereocenters. The summed E-state index contributed by atoms with van der Waals surface area (Å²) in [7, 11) is 0. The van der Waals surface area contributed by atoms with E-state index in [1.807, 2.05) is 0 Å². The van der Waals surface area contributed by atoms with Crippen molar-refractivity contribution < 1.29 is 27.1 Å². The van der Waals surface area contributed by atoms with Crippen molar-refractivity contribution in [3.8, 4) is 17.3 Å². The molecule has 0 aliphatic carbocycles. The van der Waals surface area contributed by atoms with Crippen LogP contribution in [0.5, 0.6) is 5.88 Å². The molecule has 1 amide bonds. The summed E-state index contributed by atoms with van der Waals surface area (Å²) in [6.07, 6.45) is -3.24. The van der Waals surface area contributed by atoms with Crippen LogP contribution < -0.4 is 15.8 Å². The zero-order chi connectivity index (χ0) is 20.9. The quantitative estimate of drug-likeness (QED) is 0.643. The maximum atomic E-state index is 12.3. The third-order valence-corrected chi connectivity index (χ3v) is 3.62. The number of benzene rings is 1. The predicted octanol–water partition coefficient (Wildman–Crippen LogP) is 2.16. The molecule has 8 nitrogen and oxygen atoms in total. The van der Waals surface area contributed by atoms with Crippen molar-refractivity contribution in [2.45, 2.75) is 19.3 Å². The first-order valence-electron chi connectivity index (χ1n) is 8.35. The maximum Gasteiger partial charge on any atom is 0.437 e. The number of ether oxygens (including phenoxy) is 1. The van der Waals surface area contributed by atoms with Gasteiger partial charge in [0.2, 0.25) is 17.7 Å². The summed E-state index contributed by atoms with van der Waals surface area (Å²) >= 11 is 0. The average Bonchev–Trinajstić information content (AvgIpc) is 3.06. The lowest BCUT2D eigenvalue weighted by Crippen LogP contribution is -2.31. The molecule has 29 heavy (non-hydrogen) atoms. The Kier molecular flexibility index (Phi) is 5.96. The Morgan fingerprint density at radius 2 is 1.93 bits per heavy atom. The molecule has 0 fully saturated rings. The summed E-state index contributed by atoms with van der Waals surface area (Å²) in [6, 6.07) is 11.6. The molecule has 0 saturated carbocycles. The first-order chi connectivity index (χ1) is 13.8. The summed E-state index contributed by atoms with van der Waals surface area (Å²) in [6.45, 7) is -2.06. The van der Waals surface area contributed by atoms with E-state index in [2.05, 4.69) is 20.1 Å². The van der Waals surface area contributed by atoms with Crippen LogP contribution in [0.3, 0.4) is 0 Å². The van der Waals surface area contributed by atoms with Crippen LogP contribution in [-0.4, -0.2) is 33.5 Å². The number of pyridine rings is 1. The van der Waals surface area contributed by atoms with Crippen LogP contribution >= 0.6 is 0 Å². The van der Waals surface area contributed by atoms with Gasteiger partial charge in [0.1, 0.15) is 6.54 Å². The number of carbonyl (C=O) groups is 1. The number of amides is 1. The number of nitrogens with one attached hydrogen (secondary N) is 1. The molecule has 0 unspecified atom stereocenters. The van der Waals surface area contributed by atoms with Gasteiger partial charge in [-0.25, -0.2) is 9.78 Å². The predicted molar refractivity (Wildman–Crippen MR) is 93.8 cm³/mol. The fourth-order valence-electron chi connectivity index (χ4n) is 2.33. The van der Waals surface area contributed by atoms with Gasteiger partial charge in [-0.2, -0.15) is 17.9 Å². The monoisotopic (exact) mass is 408 g/mol. The van der Waals surface area contributed by atoms with Crippen LogP contribution in [0.2, 0.25) is 0 Å². The van der Waals surface area contributed by atoms with E-state index in [1.54, 1.807) is 30.3 Å². The summed E-state index contributed by atoms with van der Waals surface area (Å²) in [5.74, 6) is -1.58. The van der Waals surface area contributed by atoms with Gasteiger partial charge in [-0.05, 0) is 18.2 Å². The van der Waals surface area contributed by atoms with Gasteiger partial charge in [0, 0.05) is 23.9 Å². The van der Waals surface area contributed by atoms with E-state index >= 15 is 0 Å². The third kappa shape index (κ3) is 5.67. The summed E-state index contributed by atoms with van der Waals surface area (Å²) < 4.78 is 47.5. The molecule has 0 spiro atoms. The second kappa shape index (κ2) is 8.59. The zero-order valence-electron chi connectivity index (χ0n) is 14.8. The van der Waals surface area contributed by atoms with E-state index in [1.165, 1.54) is 18.3 Å². The fraction of sp³-hybridized carbons (Fsp3) is 0.222. The fourth-order valence-corrected chi connectivity index (χ4v) is 2.33. The highest BCUT2D eigenvalue weighted by molar-refractivity contribution is 5.75. The highest BCUT2D eigenvalue weighted by Crippen LogP contribution is 2.20. The minimum absolute atomic E-state index is 0.0681. The molecule has 0 radical (unpaired) electrons. The smallest absolute Gasteiger partial charge is 0.437 e. The number of halogens is 3. The third-order valence-electron chi connectivity index (χ3n) is 3.62. The first kappa shape index (κ1) is 20.1. The highest BCUT2D eigenvalue weighted by Gasteiger charge is 2.29. The average molecular weight is 408 g/mol. The Hall–Kier alpha value is -3.63. The van der Waals surface area contributed by atoms with E-state index < -0.39 is 31.0 Å². The largest absolute Gasteiger partial charge is 0.468 e. The Balaban J connectivity index is 1.61. The van der Waals surface area contributed by atoms with Crippen LogP contribution in [0.1, 0.15) is 5.56 Å². The second-order valence-corrected chi connectivity index (χ2v) is 5.85. The number of rotatable bonds is 7. The molecule has 0 aliphatic rings. The number of hydrogen-bond acceptors (Lipinski definition) is 6. The van der Waals surface area contributed by atoms with E-state index in [9.17, 15) is 22.8 Å². The molecule has 0 saturated heterocycles. The van der Waals surface area contributed by atoms with Gasteiger partial charge in [0.25, 0.3) is 0 Å². The second-order valence-electron chi connectivity index (χ2n) is 5.85. The Morgan fingerprint density at radius 3 is 2.66 bits per heavy atom. The minimum Gasteiger partial charge on any atom is -0.468 e. The van der Waals surface area contributed by atoms with Gasteiger partial charge < -0.3 is 14.5 Å². The Morgan fingerprint density at radius 1 is 1.17 bits per heavy atom. The van der Waals surface area contributed by atoms with E-state index in [4.69, 9.17) is 4.42 Å². The number of carbonyl (C=O) groups excluding carboxylic acids is 1. The molecule has 2 aromatic heterocycles. The molecule has 0 bridgehead atoms. The molecular formula is C18H15F3N4O4. The minimum atomic E-state index is -4.51. The lowest BCUT2D eigenvalue weighted by molar-refractivity contribution is -0.154. The van der Waals surface area contributed by atoms with Gasteiger partial charge in [0.15, 0.2) is 6.61 Å². The Bertz CT molecular complexity index is 1030. The van der Waals surface area contributed by atoms with Crippen molar-refractivity contribution in [1.82, 2.24) is 20.1 Å². The maximum absolute atomic E-state index is 12.3. The molecule has 2 heterocycles. The lowest BCUT2D eigenvalue weighted by Gasteiger charge is -2.12. The molecule has 11 heteroatoms. The van der Waals surface area contributed by atoms with Crippen molar-refractivity contribution in [3.05, 3.63) is 64.8 Å². The highest BCUT2D eigenvalue weighted by atomic mass is 19.4. The van der Waals surface area contributed by atoms with Crippen molar-refractivity contribution in [3.63, 3.8) is 0 Å². The standard InChI is InChI=1S/C18H15F3N4O4/c19-18(20,21)11-28-15-13(7-4-8-22-15)9-23-14(26)10-25-17(27)29-16(24-25)12-5-2-1-3-6-12/h1-8H,9-11H2,(H,23,26). The Labute approximate surface area is 161 Å². The molecule has 3 aromatic rings. The SMILES string of the molecule is O=C(Cn1nc(-c2ccccc2)oc1=O)NCc1cccnc1OCC(F)(F)F. The molecule has 152 valence electrons. The van der Waals surface area contributed by atoms with Crippen LogP contribution in [0.4, 0.5) is 13.2 Å². The van der Waals surface area contributed by atoms with Crippen molar-refractivity contribution in [2.75, 3.05) is 6.61 Å². The van der Waals surface area contributed by atoms with Crippen LogP contribution in [0, 0.1) is 0 Å². The number of hydrogen-bond donors (Lipinski definition) is 1. The van der Waals surface area contributed by atoms with Crippen molar-refractivity contribution >= 4 is 5.91 Å². The van der Waals surface area contributed by atoms with Crippen LogP contribution in [0.15, 0.2) is 57.9 Å². The van der Waals surface area contributed by atoms with E-state index in [-0.39, 0.29) is 23.9 Å². The van der Waals surface area contributed by atoms with Gasteiger partial charge in [-0.15, -0.1) is 5.10 Å². The van der Waals surface area contributed by atoms with E-state index in [0.717, 1.165) is 4.68 Å². The molecule has 1 aromatic carbocycles. The summed E-state index contributed by atoms with van der Waals surface area (Å²) in [4.78, 5) is 27.7. The van der Waals surface area contributed by atoms with Gasteiger partial charge in [-0.1, -0.05) is 24.3 Å². The summed E-state index contributed by atoms with van der Waals surface area (Å²) in [5, 5.41) is 6.44. The molecule has 3 rings (SSSR count). The number of alkyl halides is 3. The lowest BCUT2D eigenvalue weighted by atomic mass is 10.2. The van der Waals surface area contributed by atoms with Crippen LogP contribution in [0.25, 0.3) is 11.5 Å². The number of nitrogens with zero attached hydrogens (tertiary/aromatic N) is 3. The molecule has 1 N–H and O–H groups in total. The summed E-state index contributed by atoms with van der Waals surface area (Å²) in [5.41, 5.74) is 0.827. The first-order valence-corrected chi connectivity index (χ1v) is 8.35. The number of aromatic nitrogens is 3. The zero-order valence-corrected chi connectivity index (χ0v) is 14.8. The van der Waals surface area contributed by atoms with Crippen LogP contribution in [-0.2, 0) is 17.9 Å². The van der Waals surface area contributed by atoms with Gasteiger partial charge in [0.05, 0.1) is 0 Å². The topological polar surface area (TPSA) is 99.2 Å². The van der Waals surface area contributed by atoms with E-state index in [0.29, 0.717) is 5.56 Å². The molecule has 0 aliphatic heterocycles. The normalized spacial score (nSPS) is 11.3. The van der Waals surface area contributed by atoms with Crippen molar-refractivity contribution in [2.24, 2.45) is 0 Å². The van der Waals surface area contributed by atoms with Gasteiger partial charge in [-0.3, -0.25) is 4.79 Å². The van der Waals surface area contributed by atoms with Gasteiger partial charge >= 0.3 is 11.9 Å².